The molecule has 39 heavy (non-hydrogen) atoms. The number of nitrogens with one attached hydrogen (secondary N) is 1. The number of hydrazone groups is 1. The highest BCUT2D eigenvalue weighted by Gasteiger charge is 2.29. The van der Waals surface area contributed by atoms with Crippen LogP contribution in [0.15, 0.2) is 88.9 Å². The van der Waals surface area contributed by atoms with Gasteiger partial charge in [-0.3, -0.25) is 9.10 Å². The number of carbonyl (C=O) groups is 1. The molecule has 0 radical (unpaired) electrons. The number of aromatic nitrogens is 1. The standard InChI is InChI=1S/C30H32N4O4S/c1-21-12-11-13-22(2)30(21)34-23(3)18-25(24(34)4)19-31-32-29(35)20-33(27-16-9-10-17-28(27)38-5)39(36,37)26-14-7-6-8-15-26/h6-19H,20H2,1-5H3,(H,32,35)/b31-19-. The molecule has 1 aromatic heterocycles. The molecular weight excluding hydrogens is 512 g/mol. The molecule has 0 aliphatic heterocycles. The first-order valence-corrected chi connectivity index (χ1v) is 13.9. The number of hydrogen-bond acceptors (Lipinski definition) is 5. The summed E-state index contributed by atoms with van der Waals surface area (Å²) >= 11 is 0. The molecule has 4 aromatic rings. The zero-order valence-corrected chi connectivity index (χ0v) is 23.5. The number of ether oxygens (including phenoxy) is 1. The Morgan fingerprint density at radius 1 is 0.949 bits per heavy atom. The molecule has 0 unspecified atom stereocenters. The zero-order valence-electron chi connectivity index (χ0n) is 22.7. The Morgan fingerprint density at radius 2 is 1.59 bits per heavy atom. The maximum absolute atomic E-state index is 13.6. The predicted molar refractivity (Wildman–Crippen MR) is 154 cm³/mol. The number of para-hydroxylation sites is 3. The molecule has 0 bridgehead atoms. The lowest BCUT2D eigenvalue weighted by Gasteiger charge is -2.25. The Bertz CT molecular complexity index is 1610. The Balaban J connectivity index is 1.59. The van der Waals surface area contributed by atoms with Gasteiger partial charge in [0.1, 0.15) is 12.3 Å². The van der Waals surface area contributed by atoms with Gasteiger partial charge in [-0.25, -0.2) is 13.8 Å². The second kappa shape index (κ2) is 11.6. The van der Waals surface area contributed by atoms with Gasteiger partial charge < -0.3 is 9.30 Å². The molecule has 0 aliphatic rings. The molecule has 1 N–H and O–H groups in total. The molecule has 0 saturated heterocycles. The summed E-state index contributed by atoms with van der Waals surface area (Å²) in [5, 5.41) is 4.15. The van der Waals surface area contributed by atoms with Crippen LogP contribution in [0.2, 0.25) is 0 Å². The predicted octanol–water partition coefficient (Wildman–Crippen LogP) is 5.07. The van der Waals surface area contributed by atoms with Crippen molar-refractivity contribution < 1.29 is 17.9 Å². The number of carbonyl (C=O) groups excluding carboxylic acids is 1. The number of amides is 1. The Kier molecular flexibility index (Phi) is 8.21. The largest absolute Gasteiger partial charge is 0.495 e. The fourth-order valence-electron chi connectivity index (χ4n) is 4.62. The van der Waals surface area contributed by atoms with Crippen LogP contribution in [0.1, 0.15) is 28.1 Å². The van der Waals surface area contributed by atoms with E-state index in [0.717, 1.165) is 38.1 Å². The third kappa shape index (κ3) is 5.73. The monoisotopic (exact) mass is 544 g/mol. The SMILES string of the molecule is COc1ccccc1N(CC(=O)N/N=C\c1cc(C)n(-c2c(C)cccc2C)c1C)S(=O)(=O)c1ccccc1. The third-order valence-electron chi connectivity index (χ3n) is 6.50. The Morgan fingerprint density at radius 3 is 2.26 bits per heavy atom. The van der Waals surface area contributed by atoms with Crippen LogP contribution in [-0.2, 0) is 14.8 Å². The van der Waals surface area contributed by atoms with Crippen LogP contribution in [0.3, 0.4) is 0 Å². The third-order valence-corrected chi connectivity index (χ3v) is 8.27. The number of anilines is 1. The minimum absolute atomic E-state index is 0.0612. The van der Waals surface area contributed by atoms with Crippen molar-refractivity contribution in [2.24, 2.45) is 5.10 Å². The normalized spacial score (nSPS) is 11.5. The van der Waals surface area contributed by atoms with Gasteiger partial charge in [0.15, 0.2) is 0 Å². The first-order chi connectivity index (χ1) is 18.6. The van der Waals surface area contributed by atoms with Gasteiger partial charge in [0.05, 0.1) is 29.6 Å². The summed E-state index contributed by atoms with van der Waals surface area (Å²) in [4.78, 5) is 13.0. The smallest absolute Gasteiger partial charge is 0.264 e. The van der Waals surface area contributed by atoms with Gasteiger partial charge >= 0.3 is 0 Å². The maximum Gasteiger partial charge on any atom is 0.264 e. The van der Waals surface area contributed by atoms with Crippen LogP contribution >= 0.6 is 0 Å². The van der Waals surface area contributed by atoms with E-state index in [0.29, 0.717) is 5.75 Å². The summed E-state index contributed by atoms with van der Waals surface area (Å²) < 4.78 is 35.7. The van der Waals surface area contributed by atoms with Gasteiger partial charge in [0.2, 0.25) is 0 Å². The quantitative estimate of drug-likeness (QED) is 0.235. The molecule has 1 heterocycles. The summed E-state index contributed by atoms with van der Waals surface area (Å²) in [5.41, 5.74) is 9.02. The van der Waals surface area contributed by atoms with E-state index in [-0.39, 0.29) is 10.6 Å². The van der Waals surface area contributed by atoms with Crippen LogP contribution in [-0.4, -0.2) is 38.8 Å². The number of benzene rings is 3. The summed E-state index contributed by atoms with van der Waals surface area (Å²) in [7, 11) is -2.62. The molecule has 3 aromatic carbocycles. The zero-order chi connectivity index (χ0) is 28.2. The van der Waals surface area contributed by atoms with Gasteiger partial charge in [-0.15, -0.1) is 0 Å². The van der Waals surface area contributed by atoms with Gasteiger partial charge in [0, 0.05) is 17.0 Å². The lowest BCUT2D eigenvalue weighted by molar-refractivity contribution is -0.119. The molecule has 0 aliphatic carbocycles. The van der Waals surface area contributed by atoms with Crippen molar-refractivity contribution in [1.29, 1.82) is 0 Å². The first kappa shape index (κ1) is 27.7. The van der Waals surface area contributed by atoms with Crippen molar-refractivity contribution >= 4 is 27.8 Å². The molecule has 4 rings (SSSR count). The Hall–Kier alpha value is -4.37. The average Bonchev–Trinajstić information content (AvgIpc) is 3.20. The molecule has 0 spiro atoms. The van der Waals surface area contributed by atoms with Gasteiger partial charge in [-0.05, 0) is 69.2 Å². The van der Waals surface area contributed by atoms with Crippen molar-refractivity contribution in [2.75, 3.05) is 18.0 Å². The number of aryl methyl sites for hydroxylation is 3. The number of methoxy groups -OCH3 is 1. The number of rotatable bonds is 9. The lowest BCUT2D eigenvalue weighted by atomic mass is 10.1. The van der Waals surface area contributed by atoms with Gasteiger partial charge in [0.25, 0.3) is 15.9 Å². The molecule has 0 fully saturated rings. The van der Waals surface area contributed by atoms with E-state index in [1.54, 1.807) is 48.7 Å². The summed E-state index contributed by atoms with van der Waals surface area (Å²) in [5.74, 6) is -0.271. The topological polar surface area (TPSA) is 93.0 Å². The summed E-state index contributed by atoms with van der Waals surface area (Å²) in [6, 6.07) is 22.8. The van der Waals surface area contributed by atoms with Crippen molar-refractivity contribution in [1.82, 2.24) is 9.99 Å². The fraction of sp³-hybridized carbons (Fsp3) is 0.200. The van der Waals surface area contributed by atoms with E-state index in [9.17, 15) is 13.2 Å². The lowest BCUT2D eigenvalue weighted by Crippen LogP contribution is -2.39. The highest BCUT2D eigenvalue weighted by Crippen LogP contribution is 2.32. The van der Waals surface area contributed by atoms with Crippen LogP contribution in [0.25, 0.3) is 5.69 Å². The van der Waals surface area contributed by atoms with E-state index >= 15 is 0 Å². The van der Waals surface area contributed by atoms with Crippen molar-refractivity contribution in [2.45, 2.75) is 32.6 Å². The number of sulfonamides is 1. The van der Waals surface area contributed by atoms with E-state index in [2.05, 4.69) is 41.1 Å². The van der Waals surface area contributed by atoms with E-state index < -0.39 is 22.5 Å². The second-order valence-electron chi connectivity index (χ2n) is 9.19. The molecule has 1 amide bonds. The van der Waals surface area contributed by atoms with Crippen LogP contribution in [0.4, 0.5) is 5.69 Å². The Labute approximate surface area is 229 Å². The highest BCUT2D eigenvalue weighted by molar-refractivity contribution is 7.92. The molecule has 202 valence electrons. The number of hydrogen-bond donors (Lipinski definition) is 1. The molecule has 9 heteroatoms. The van der Waals surface area contributed by atoms with Gasteiger partial charge in [-0.2, -0.15) is 5.10 Å². The van der Waals surface area contributed by atoms with Crippen molar-refractivity contribution in [3.05, 3.63) is 107 Å². The van der Waals surface area contributed by atoms with E-state index in [1.807, 2.05) is 26.0 Å². The maximum atomic E-state index is 13.6. The highest BCUT2D eigenvalue weighted by atomic mass is 32.2. The van der Waals surface area contributed by atoms with Crippen LogP contribution < -0.4 is 14.5 Å². The van der Waals surface area contributed by atoms with E-state index in [4.69, 9.17) is 4.74 Å². The fourth-order valence-corrected chi connectivity index (χ4v) is 6.07. The molecule has 0 saturated carbocycles. The van der Waals surface area contributed by atoms with Crippen LogP contribution in [0.5, 0.6) is 5.75 Å². The molecular formula is C30H32N4O4S. The minimum Gasteiger partial charge on any atom is -0.495 e. The second-order valence-corrected chi connectivity index (χ2v) is 11.1. The first-order valence-electron chi connectivity index (χ1n) is 12.4. The molecule has 0 atom stereocenters. The van der Waals surface area contributed by atoms with Gasteiger partial charge in [-0.1, -0.05) is 48.5 Å². The minimum atomic E-state index is -4.07. The number of nitrogens with zero attached hydrogens (tertiary/aromatic N) is 3. The van der Waals surface area contributed by atoms with Crippen molar-refractivity contribution in [3.8, 4) is 11.4 Å². The average molecular weight is 545 g/mol. The summed E-state index contributed by atoms with van der Waals surface area (Å²) in [6.45, 7) is 7.68. The van der Waals surface area contributed by atoms with Crippen molar-refractivity contribution in [3.63, 3.8) is 0 Å². The van der Waals surface area contributed by atoms with Crippen LogP contribution in [0, 0.1) is 27.7 Å². The molecule has 8 nitrogen and oxygen atoms in total. The van der Waals surface area contributed by atoms with E-state index in [1.165, 1.54) is 19.2 Å². The summed E-state index contributed by atoms with van der Waals surface area (Å²) in [6.07, 6.45) is 1.57.